The topological polar surface area (TPSA) is 78.7 Å². The highest BCUT2D eigenvalue weighted by atomic mass is 16.6. The van der Waals surface area contributed by atoms with E-state index in [0.29, 0.717) is 24.7 Å². The Hall–Kier alpha value is -3.09. The highest BCUT2D eigenvalue weighted by Crippen LogP contribution is 2.61. The van der Waals surface area contributed by atoms with Crippen LogP contribution < -0.4 is 10.2 Å². The number of amides is 1. The van der Waals surface area contributed by atoms with Crippen molar-refractivity contribution in [3.05, 3.63) is 64.2 Å². The van der Waals surface area contributed by atoms with Crippen LogP contribution in [0.1, 0.15) is 63.5 Å². The summed E-state index contributed by atoms with van der Waals surface area (Å²) in [5.41, 5.74) is 2.92. The number of nitro groups is 1. The van der Waals surface area contributed by atoms with Crippen molar-refractivity contribution in [3.63, 3.8) is 0 Å². The summed E-state index contributed by atoms with van der Waals surface area (Å²) in [7, 11) is 0. The molecule has 37 heavy (non-hydrogen) atoms. The molecule has 1 heterocycles. The summed E-state index contributed by atoms with van der Waals surface area (Å²) < 4.78 is 0. The van der Waals surface area contributed by atoms with Crippen LogP contribution >= 0.6 is 0 Å². The number of carbonyl (C=O) groups is 1. The van der Waals surface area contributed by atoms with Gasteiger partial charge in [-0.15, -0.1) is 0 Å². The first kappa shape index (κ1) is 24.3. The average Bonchev–Trinajstić information content (AvgIpc) is 2.88. The summed E-state index contributed by atoms with van der Waals surface area (Å²) in [6.45, 7) is 4.94. The molecule has 5 aliphatic rings. The SMILES string of the molecule is CC(Nc1cc(N2CCN(C(=O)CC34CC5CC(CC(C5)C3)C4)CC2)ccc1[N+](=O)[O-])c1ccccc1. The third kappa shape index (κ3) is 4.92. The number of nitrogens with zero attached hydrogens (tertiary/aromatic N) is 3. The Kier molecular flexibility index (Phi) is 6.33. The molecular weight excluding hydrogens is 464 g/mol. The molecule has 0 radical (unpaired) electrons. The van der Waals surface area contributed by atoms with Crippen LogP contribution in [0.3, 0.4) is 0 Å². The van der Waals surface area contributed by atoms with Gasteiger partial charge < -0.3 is 15.1 Å². The molecule has 5 fully saturated rings. The third-order valence-corrected chi connectivity index (χ3v) is 9.54. The number of hydrogen-bond acceptors (Lipinski definition) is 5. The zero-order valence-electron chi connectivity index (χ0n) is 21.8. The van der Waals surface area contributed by atoms with E-state index in [0.717, 1.165) is 48.5 Å². The molecule has 196 valence electrons. The summed E-state index contributed by atoms with van der Waals surface area (Å²) in [6, 6.07) is 15.2. The molecular formula is C30H38N4O3. The quantitative estimate of drug-likeness (QED) is 0.370. The summed E-state index contributed by atoms with van der Waals surface area (Å²) in [5.74, 6) is 2.94. The van der Waals surface area contributed by atoms with Gasteiger partial charge in [-0.25, -0.2) is 0 Å². The molecule has 7 rings (SSSR count). The van der Waals surface area contributed by atoms with E-state index >= 15 is 0 Å². The van der Waals surface area contributed by atoms with E-state index in [1.807, 2.05) is 49.4 Å². The van der Waals surface area contributed by atoms with Gasteiger partial charge in [0.2, 0.25) is 5.91 Å². The number of benzene rings is 2. The second-order valence-electron chi connectivity index (χ2n) is 12.2. The smallest absolute Gasteiger partial charge is 0.292 e. The number of anilines is 2. The predicted octanol–water partition coefficient (Wildman–Crippen LogP) is 6.02. The molecule has 7 nitrogen and oxygen atoms in total. The number of rotatable bonds is 7. The highest BCUT2D eigenvalue weighted by Gasteiger charge is 2.51. The third-order valence-electron chi connectivity index (χ3n) is 9.54. The molecule has 0 spiro atoms. The maximum atomic E-state index is 13.4. The Labute approximate surface area is 219 Å². The van der Waals surface area contributed by atoms with Crippen molar-refractivity contribution in [2.24, 2.45) is 23.2 Å². The van der Waals surface area contributed by atoms with E-state index in [1.165, 1.54) is 38.5 Å². The molecule has 1 unspecified atom stereocenters. The van der Waals surface area contributed by atoms with E-state index in [9.17, 15) is 14.9 Å². The molecule has 4 bridgehead atoms. The first-order valence-corrected chi connectivity index (χ1v) is 14.0. The van der Waals surface area contributed by atoms with Crippen molar-refractivity contribution in [1.82, 2.24) is 4.90 Å². The fraction of sp³-hybridized carbons (Fsp3) is 0.567. The normalized spacial score (nSPS) is 29.3. The van der Waals surface area contributed by atoms with Gasteiger partial charge in [0.25, 0.3) is 5.69 Å². The van der Waals surface area contributed by atoms with Crippen LogP contribution in [0.2, 0.25) is 0 Å². The highest BCUT2D eigenvalue weighted by molar-refractivity contribution is 5.77. The Morgan fingerprint density at radius 1 is 1.00 bits per heavy atom. The molecule has 2 aromatic carbocycles. The Morgan fingerprint density at radius 2 is 1.62 bits per heavy atom. The molecule has 2 aromatic rings. The lowest BCUT2D eigenvalue weighted by molar-refractivity contribution is -0.384. The van der Waals surface area contributed by atoms with E-state index in [1.54, 1.807) is 6.07 Å². The molecule has 4 saturated carbocycles. The average molecular weight is 503 g/mol. The standard InChI is InChI=1S/C30H38N4O3/c1-21(25-5-3-2-4-6-25)31-27-16-26(7-8-28(27)34(36)37)32-9-11-33(12-10-32)29(35)20-30-17-22-13-23(18-30)15-24(14-22)19-30/h2-8,16,21-24,31H,9-15,17-20H2,1H3. The van der Waals surface area contributed by atoms with Crippen LogP contribution in [0.4, 0.5) is 17.1 Å². The van der Waals surface area contributed by atoms with Crippen molar-refractivity contribution < 1.29 is 9.72 Å². The Balaban J connectivity index is 1.10. The van der Waals surface area contributed by atoms with Crippen LogP contribution in [0.15, 0.2) is 48.5 Å². The van der Waals surface area contributed by atoms with Crippen LogP contribution in [0.25, 0.3) is 0 Å². The van der Waals surface area contributed by atoms with Gasteiger partial charge in [0.05, 0.1) is 4.92 Å². The minimum Gasteiger partial charge on any atom is -0.373 e. The summed E-state index contributed by atoms with van der Waals surface area (Å²) >= 11 is 0. The van der Waals surface area contributed by atoms with E-state index in [4.69, 9.17) is 0 Å². The number of hydrogen-bond donors (Lipinski definition) is 1. The molecule has 4 aliphatic carbocycles. The molecule has 7 heteroatoms. The molecule has 1 saturated heterocycles. The summed E-state index contributed by atoms with van der Waals surface area (Å²) in [5, 5.41) is 15.1. The Morgan fingerprint density at radius 3 is 2.22 bits per heavy atom. The summed E-state index contributed by atoms with van der Waals surface area (Å²) in [6.07, 6.45) is 8.76. The van der Waals surface area contributed by atoms with Gasteiger partial charge in [-0.1, -0.05) is 30.3 Å². The van der Waals surface area contributed by atoms with E-state index in [-0.39, 0.29) is 22.1 Å². The maximum absolute atomic E-state index is 13.4. The lowest BCUT2D eigenvalue weighted by Crippen LogP contribution is -2.52. The van der Waals surface area contributed by atoms with E-state index < -0.39 is 0 Å². The van der Waals surface area contributed by atoms with Crippen LogP contribution in [-0.2, 0) is 4.79 Å². The van der Waals surface area contributed by atoms with Gasteiger partial charge in [0.1, 0.15) is 5.69 Å². The minimum absolute atomic E-state index is 0.0609. The molecule has 1 aliphatic heterocycles. The van der Waals surface area contributed by atoms with Gasteiger partial charge in [0.15, 0.2) is 0 Å². The zero-order chi connectivity index (χ0) is 25.6. The fourth-order valence-electron chi connectivity index (χ4n) is 8.21. The van der Waals surface area contributed by atoms with Gasteiger partial charge in [0, 0.05) is 50.4 Å². The molecule has 1 atom stereocenters. The lowest BCUT2D eigenvalue weighted by Gasteiger charge is -2.57. The fourth-order valence-corrected chi connectivity index (χ4v) is 8.21. The van der Waals surface area contributed by atoms with Crippen molar-refractivity contribution in [2.45, 2.75) is 57.9 Å². The first-order valence-electron chi connectivity index (χ1n) is 14.0. The van der Waals surface area contributed by atoms with E-state index in [2.05, 4.69) is 15.1 Å². The lowest BCUT2D eigenvalue weighted by atomic mass is 9.49. The summed E-state index contributed by atoms with van der Waals surface area (Å²) in [4.78, 5) is 29.1. The van der Waals surface area contributed by atoms with Crippen LogP contribution in [0, 0.1) is 33.3 Å². The molecule has 1 N–H and O–H groups in total. The van der Waals surface area contributed by atoms with Crippen molar-refractivity contribution in [2.75, 3.05) is 36.4 Å². The van der Waals surface area contributed by atoms with Crippen molar-refractivity contribution in [1.29, 1.82) is 0 Å². The predicted molar refractivity (Wildman–Crippen MR) is 146 cm³/mol. The van der Waals surface area contributed by atoms with Gasteiger partial charge in [-0.05, 0) is 86.3 Å². The Bertz CT molecular complexity index is 1120. The largest absolute Gasteiger partial charge is 0.373 e. The molecule has 1 amide bonds. The number of nitrogens with one attached hydrogen (secondary N) is 1. The van der Waals surface area contributed by atoms with Gasteiger partial charge >= 0.3 is 0 Å². The number of piperazine rings is 1. The van der Waals surface area contributed by atoms with Crippen molar-refractivity contribution >= 4 is 23.0 Å². The van der Waals surface area contributed by atoms with Crippen LogP contribution in [0.5, 0.6) is 0 Å². The van der Waals surface area contributed by atoms with Crippen LogP contribution in [-0.4, -0.2) is 41.9 Å². The number of carbonyl (C=O) groups excluding carboxylic acids is 1. The second kappa shape index (κ2) is 9.66. The molecule has 0 aromatic heterocycles. The monoisotopic (exact) mass is 502 g/mol. The first-order chi connectivity index (χ1) is 17.9. The maximum Gasteiger partial charge on any atom is 0.292 e. The number of nitro benzene ring substituents is 1. The van der Waals surface area contributed by atoms with Gasteiger partial charge in [-0.3, -0.25) is 14.9 Å². The zero-order valence-corrected chi connectivity index (χ0v) is 21.8. The van der Waals surface area contributed by atoms with Gasteiger partial charge in [-0.2, -0.15) is 0 Å². The minimum atomic E-state index is -0.328. The van der Waals surface area contributed by atoms with Crippen molar-refractivity contribution in [3.8, 4) is 0 Å². The second-order valence-corrected chi connectivity index (χ2v) is 12.2.